The molecule has 1 aliphatic heterocycles. The van der Waals surface area contributed by atoms with Crippen LogP contribution in [0, 0.1) is 0 Å². The molecule has 0 aromatic heterocycles. The third-order valence-corrected chi connectivity index (χ3v) is 7.27. The van der Waals surface area contributed by atoms with Crippen LogP contribution in [0.25, 0.3) is 0 Å². The van der Waals surface area contributed by atoms with Crippen LogP contribution in [-0.4, -0.2) is 28.4 Å². The van der Waals surface area contributed by atoms with Gasteiger partial charge in [-0.2, -0.15) is 0 Å². The van der Waals surface area contributed by atoms with Crippen molar-refractivity contribution in [3.8, 4) is 0 Å². The van der Waals surface area contributed by atoms with Gasteiger partial charge in [0.1, 0.15) is 12.6 Å². The van der Waals surface area contributed by atoms with E-state index in [2.05, 4.69) is 48.2 Å². The van der Waals surface area contributed by atoms with Crippen LogP contribution >= 0.6 is 0 Å². The minimum absolute atomic E-state index is 0.0184. The first-order chi connectivity index (χ1) is 18.6. The van der Waals surface area contributed by atoms with Gasteiger partial charge in [0.25, 0.3) is 0 Å². The fourth-order valence-corrected chi connectivity index (χ4v) is 5.22. The average molecular weight is 505 g/mol. The van der Waals surface area contributed by atoms with Crippen LogP contribution in [0.15, 0.2) is 121 Å². The van der Waals surface area contributed by atoms with Crippen LogP contribution < -0.4 is 0 Å². The molecule has 192 valence electrons. The zero-order valence-electron chi connectivity index (χ0n) is 21.5. The highest BCUT2D eigenvalue weighted by atomic mass is 16.6. The number of hydrogen-bond donors (Lipinski definition) is 0. The maximum absolute atomic E-state index is 13.9. The van der Waals surface area contributed by atoms with Gasteiger partial charge in [-0.15, -0.1) is 0 Å². The third-order valence-electron chi connectivity index (χ3n) is 7.27. The molecule has 0 unspecified atom stereocenters. The van der Waals surface area contributed by atoms with Crippen molar-refractivity contribution in [2.75, 3.05) is 6.61 Å². The second kappa shape index (κ2) is 11.9. The molecule has 4 aromatic carbocycles. The summed E-state index contributed by atoms with van der Waals surface area (Å²) in [7, 11) is 0. The highest BCUT2D eigenvalue weighted by molar-refractivity contribution is 5.94. The zero-order chi connectivity index (χ0) is 26.3. The van der Waals surface area contributed by atoms with Crippen molar-refractivity contribution in [1.82, 2.24) is 9.80 Å². The molecular weight excluding hydrogens is 472 g/mol. The Balaban J connectivity index is 1.51. The van der Waals surface area contributed by atoms with Gasteiger partial charge in [-0.1, -0.05) is 121 Å². The Morgan fingerprint density at radius 3 is 1.95 bits per heavy atom. The van der Waals surface area contributed by atoms with E-state index >= 15 is 0 Å². The van der Waals surface area contributed by atoms with Crippen LogP contribution in [0.3, 0.4) is 0 Å². The predicted molar refractivity (Wildman–Crippen MR) is 148 cm³/mol. The first-order valence-electron chi connectivity index (χ1n) is 13.0. The van der Waals surface area contributed by atoms with Gasteiger partial charge in [0.15, 0.2) is 0 Å². The number of carbonyl (C=O) groups excluding carboxylic acids is 2. The standard InChI is InChI=1S/C33H32N2O3/c1-25(27-16-8-3-9-17-27)34(23-26-14-6-2-7-15-26)30(28-18-10-4-11-19-28)22-32(36)35-31(24-38-33(35)37)29-20-12-5-13-21-29/h2-21,25,30-31H,22-24H2,1H3/t25-,30+,31+/m0/s1. The van der Waals surface area contributed by atoms with Crippen molar-refractivity contribution in [3.05, 3.63) is 144 Å². The van der Waals surface area contributed by atoms with E-state index in [1.165, 1.54) is 10.5 Å². The first-order valence-corrected chi connectivity index (χ1v) is 13.0. The minimum Gasteiger partial charge on any atom is -0.446 e. The van der Waals surface area contributed by atoms with Crippen LogP contribution in [0.2, 0.25) is 0 Å². The molecular formula is C33H32N2O3. The van der Waals surface area contributed by atoms with Gasteiger partial charge in [-0.05, 0) is 29.2 Å². The molecule has 1 aliphatic rings. The van der Waals surface area contributed by atoms with E-state index in [0.29, 0.717) is 6.54 Å². The summed E-state index contributed by atoms with van der Waals surface area (Å²) >= 11 is 0. The summed E-state index contributed by atoms with van der Waals surface area (Å²) in [6.07, 6.45) is -0.437. The topological polar surface area (TPSA) is 49.9 Å². The quantitative estimate of drug-likeness (QED) is 0.244. The minimum atomic E-state index is -0.582. The number of amides is 2. The lowest BCUT2D eigenvalue weighted by Gasteiger charge is -2.37. The monoisotopic (exact) mass is 504 g/mol. The van der Waals surface area contributed by atoms with Gasteiger partial charge < -0.3 is 4.74 Å². The Bertz CT molecular complexity index is 1330. The van der Waals surface area contributed by atoms with E-state index in [-0.39, 0.29) is 31.0 Å². The van der Waals surface area contributed by atoms with Crippen molar-refractivity contribution in [3.63, 3.8) is 0 Å². The third kappa shape index (κ3) is 5.68. The zero-order valence-corrected chi connectivity index (χ0v) is 21.5. The number of rotatable bonds is 9. The highest BCUT2D eigenvalue weighted by Gasteiger charge is 2.40. The van der Waals surface area contributed by atoms with Crippen LogP contribution in [0.4, 0.5) is 4.79 Å². The summed E-state index contributed by atoms with van der Waals surface area (Å²) in [5.74, 6) is -0.242. The molecule has 4 aromatic rings. The Kier molecular flexibility index (Phi) is 7.95. The number of imide groups is 1. The van der Waals surface area contributed by atoms with Crippen molar-refractivity contribution >= 4 is 12.0 Å². The normalized spacial score (nSPS) is 16.7. The Hall–Kier alpha value is -4.22. The van der Waals surface area contributed by atoms with Crippen molar-refractivity contribution < 1.29 is 14.3 Å². The molecule has 2 amide bonds. The van der Waals surface area contributed by atoms with Crippen molar-refractivity contribution in [2.24, 2.45) is 0 Å². The Morgan fingerprint density at radius 2 is 1.34 bits per heavy atom. The Morgan fingerprint density at radius 1 is 0.816 bits per heavy atom. The van der Waals surface area contributed by atoms with Crippen LogP contribution in [0.1, 0.15) is 53.7 Å². The summed E-state index contributed by atoms with van der Waals surface area (Å²) in [6, 6.07) is 39.7. The van der Waals surface area contributed by atoms with E-state index in [4.69, 9.17) is 4.74 Å². The fourth-order valence-electron chi connectivity index (χ4n) is 5.22. The molecule has 0 aliphatic carbocycles. The van der Waals surface area contributed by atoms with Gasteiger partial charge in [0.05, 0.1) is 0 Å². The number of cyclic esters (lactones) is 1. The molecule has 0 N–H and O–H groups in total. The Labute approximate surface area is 224 Å². The molecule has 0 spiro atoms. The summed E-state index contributed by atoms with van der Waals surface area (Å²) in [6.45, 7) is 2.99. The molecule has 5 rings (SSSR count). The van der Waals surface area contributed by atoms with Gasteiger partial charge in [-0.3, -0.25) is 9.69 Å². The molecule has 0 radical (unpaired) electrons. The lowest BCUT2D eigenvalue weighted by Crippen LogP contribution is -2.39. The van der Waals surface area contributed by atoms with E-state index in [0.717, 1.165) is 16.7 Å². The van der Waals surface area contributed by atoms with Gasteiger partial charge in [0, 0.05) is 25.0 Å². The molecule has 0 bridgehead atoms. The molecule has 0 saturated carbocycles. The molecule has 1 saturated heterocycles. The van der Waals surface area contributed by atoms with Gasteiger partial charge in [-0.25, -0.2) is 9.69 Å². The lowest BCUT2D eigenvalue weighted by molar-refractivity contribution is -0.131. The smallest absolute Gasteiger partial charge is 0.417 e. The number of carbonyl (C=O) groups is 2. The fraction of sp³-hybridized carbons (Fsp3) is 0.212. The average Bonchev–Trinajstić information content (AvgIpc) is 3.37. The first kappa shape index (κ1) is 25.4. The van der Waals surface area contributed by atoms with Crippen molar-refractivity contribution in [1.29, 1.82) is 0 Å². The second-order valence-electron chi connectivity index (χ2n) is 9.64. The molecule has 3 atom stereocenters. The van der Waals surface area contributed by atoms with E-state index in [9.17, 15) is 9.59 Å². The van der Waals surface area contributed by atoms with Crippen LogP contribution in [-0.2, 0) is 16.1 Å². The summed E-state index contributed by atoms with van der Waals surface area (Å²) in [4.78, 5) is 30.4. The molecule has 1 fully saturated rings. The maximum Gasteiger partial charge on any atom is 0.417 e. The van der Waals surface area contributed by atoms with Gasteiger partial charge in [0.2, 0.25) is 5.91 Å². The summed E-state index contributed by atoms with van der Waals surface area (Å²) in [5.41, 5.74) is 4.25. The maximum atomic E-state index is 13.9. The van der Waals surface area contributed by atoms with E-state index in [1.807, 2.05) is 84.9 Å². The predicted octanol–water partition coefficient (Wildman–Crippen LogP) is 7.10. The SMILES string of the molecule is C[C@@H](c1ccccc1)N(Cc1ccccc1)[C@H](CC(=O)N1C(=O)OC[C@@H]1c1ccccc1)c1ccccc1. The number of nitrogens with zero attached hydrogens (tertiary/aromatic N) is 2. The molecule has 5 heteroatoms. The van der Waals surface area contributed by atoms with E-state index in [1.54, 1.807) is 0 Å². The van der Waals surface area contributed by atoms with Gasteiger partial charge >= 0.3 is 6.09 Å². The highest BCUT2D eigenvalue weighted by Crippen LogP contribution is 2.37. The lowest BCUT2D eigenvalue weighted by atomic mass is 9.95. The van der Waals surface area contributed by atoms with E-state index < -0.39 is 12.1 Å². The number of benzene rings is 4. The van der Waals surface area contributed by atoms with Crippen molar-refractivity contribution in [2.45, 2.75) is 38.0 Å². The summed E-state index contributed by atoms with van der Waals surface area (Å²) < 4.78 is 5.37. The molecule has 5 nitrogen and oxygen atoms in total. The largest absolute Gasteiger partial charge is 0.446 e. The molecule has 1 heterocycles. The number of ether oxygens (including phenoxy) is 1. The number of hydrogen-bond acceptors (Lipinski definition) is 4. The molecule has 38 heavy (non-hydrogen) atoms. The summed E-state index contributed by atoms with van der Waals surface area (Å²) in [5, 5.41) is 0. The van der Waals surface area contributed by atoms with Crippen LogP contribution in [0.5, 0.6) is 0 Å². The second-order valence-corrected chi connectivity index (χ2v) is 9.64.